The van der Waals surface area contributed by atoms with E-state index in [0.29, 0.717) is 21.3 Å². The van der Waals surface area contributed by atoms with Crippen molar-refractivity contribution >= 4 is 44.4 Å². The van der Waals surface area contributed by atoms with Crippen molar-refractivity contribution in [3.05, 3.63) is 73.5 Å². The first kappa shape index (κ1) is 22.3. The van der Waals surface area contributed by atoms with Crippen LogP contribution in [0.4, 0.5) is 5.69 Å². The Morgan fingerprint density at radius 2 is 1.70 bits per heavy atom. The lowest BCUT2D eigenvalue weighted by molar-refractivity contribution is -0.116. The van der Waals surface area contributed by atoms with Gasteiger partial charge in [-0.05, 0) is 74.7 Å². The molecule has 3 rings (SSSR count). The number of aromatic nitrogens is 1. The molecule has 3 aromatic rings. The molecular weight excluding hydrogens is 444 g/mol. The van der Waals surface area contributed by atoms with E-state index in [1.54, 1.807) is 19.9 Å². The van der Waals surface area contributed by atoms with Crippen LogP contribution >= 0.6 is 22.9 Å². The summed E-state index contributed by atoms with van der Waals surface area (Å²) in [6, 6.07) is 10.1. The van der Waals surface area contributed by atoms with Gasteiger partial charge in [0.2, 0.25) is 15.7 Å². The molecule has 0 fully saturated rings. The molecular formula is C21H21ClN2O4S2. The molecule has 2 aromatic heterocycles. The highest BCUT2D eigenvalue weighted by molar-refractivity contribution is 7.93. The zero-order valence-electron chi connectivity index (χ0n) is 16.9. The van der Waals surface area contributed by atoms with Gasteiger partial charge in [0.1, 0.15) is 15.6 Å². The average Bonchev–Trinajstić information content (AvgIpc) is 3.04. The van der Waals surface area contributed by atoms with Gasteiger partial charge in [-0.15, -0.1) is 11.3 Å². The largest absolute Gasteiger partial charge is 0.325 e. The lowest BCUT2D eigenvalue weighted by atomic mass is 10.1. The Labute approximate surface area is 184 Å². The van der Waals surface area contributed by atoms with Crippen LogP contribution in [-0.2, 0) is 21.2 Å². The molecule has 9 heteroatoms. The van der Waals surface area contributed by atoms with E-state index >= 15 is 0 Å². The number of carbonyl (C=O) groups is 1. The molecule has 0 spiro atoms. The van der Waals surface area contributed by atoms with E-state index < -0.39 is 21.3 Å². The van der Waals surface area contributed by atoms with E-state index in [1.165, 1.54) is 16.7 Å². The van der Waals surface area contributed by atoms with Gasteiger partial charge in [-0.1, -0.05) is 17.7 Å². The maximum Gasteiger partial charge on any atom is 0.270 e. The molecule has 1 aromatic carbocycles. The molecule has 2 heterocycles. The van der Waals surface area contributed by atoms with Crippen molar-refractivity contribution in [3.8, 4) is 0 Å². The maximum absolute atomic E-state index is 13.1. The number of anilines is 1. The monoisotopic (exact) mass is 464 g/mol. The Bertz CT molecular complexity index is 1290. The van der Waals surface area contributed by atoms with Crippen molar-refractivity contribution in [2.45, 2.75) is 43.3 Å². The van der Waals surface area contributed by atoms with Gasteiger partial charge < -0.3 is 9.88 Å². The molecule has 0 radical (unpaired) electrons. The number of amides is 1. The van der Waals surface area contributed by atoms with E-state index in [-0.39, 0.29) is 15.6 Å². The van der Waals surface area contributed by atoms with Crippen LogP contribution in [0.1, 0.15) is 22.4 Å². The fourth-order valence-corrected chi connectivity index (χ4v) is 6.51. The van der Waals surface area contributed by atoms with E-state index in [2.05, 4.69) is 5.32 Å². The molecule has 30 heavy (non-hydrogen) atoms. The molecule has 0 saturated carbocycles. The third-order valence-electron chi connectivity index (χ3n) is 4.54. The first-order valence-electron chi connectivity index (χ1n) is 9.08. The van der Waals surface area contributed by atoms with Gasteiger partial charge in [-0.25, -0.2) is 8.42 Å². The summed E-state index contributed by atoms with van der Waals surface area (Å²) >= 11 is 6.76. The SMILES string of the molecule is Cc1cc(C)cc(NC(=O)Cn2c(C)cc(C)c(S(=O)(=O)c3ccc(Cl)s3)c2=O)c1. The summed E-state index contributed by atoms with van der Waals surface area (Å²) < 4.78 is 27.6. The molecule has 0 aliphatic carbocycles. The zero-order valence-corrected chi connectivity index (χ0v) is 19.3. The molecule has 0 unspecified atom stereocenters. The second-order valence-corrected chi connectivity index (χ2v) is 11.0. The number of rotatable bonds is 5. The number of sulfone groups is 1. The van der Waals surface area contributed by atoms with E-state index in [1.807, 2.05) is 32.0 Å². The van der Waals surface area contributed by atoms with Gasteiger partial charge in [0.15, 0.2) is 0 Å². The van der Waals surface area contributed by atoms with Gasteiger partial charge in [0.25, 0.3) is 5.56 Å². The van der Waals surface area contributed by atoms with E-state index in [0.717, 1.165) is 22.5 Å². The van der Waals surface area contributed by atoms with Gasteiger partial charge in [0, 0.05) is 11.4 Å². The fourth-order valence-electron chi connectivity index (χ4n) is 3.37. The lowest BCUT2D eigenvalue weighted by Gasteiger charge is -2.15. The number of hydrogen-bond acceptors (Lipinski definition) is 5. The third-order valence-corrected chi connectivity index (χ3v) is 8.17. The molecule has 1 N–H and O–H groups in total. The Kier molecular flexibility index (Phi) is 6.21. The topological polar surface area (TPSA) is 85.2 Å². The van der Waals surface area contributed by atoms with Crippen LogP contribution in [0.3, 0.4) is 0 Å². The molecule has 0 bridgehead atoms. The van der Waals surface area contributed by atoms with Crippen LogP contribution in [0.5, 0.6) is 0 Å². The summed E-state index contributed by atoms with van der Waals surface area (Å²) in [7, 11) is -4.06. The van der Waals surface area contributed by atoms with Crippen LogP contribution in [0.2, 0.25) is 4.34 Å². The third kappa shape index (κ3) is 4.50. The standard InChI is InChI=1S/C21H21ClN2O4S2/c1-12-7-13(2)9-16(8-12)23-18(25)11-24-15(4)10-14(3)20(21(24)26)30(27,28)19-6-5-17(22)29-19/h5-10H,11H2,1-4H3,(H,23,25). The highest BCUT2D eigenvalue weighted by Gasteiger charge is 2.27. The minimum absolute atomic E-state index is 0.0113. The number of carbonyl (C=O) groups excluding carboxylic acids is 1. The van der Waals surface area contributed by atoms with Crippen molar-refractivity contribution in [1.82, 2.24) is 4.57 Å². The van der Waals surface area contributed by atoms with Gasteiger partial charge in [-0.2, -0.15) is 0 Å². The molecule has 158 valence electrons. The Morgan fingerprint density at radius 3 is 2.27 bits per heavy atom. The van der Waals surface area contributed by atoms with Crippen LogP contribution < -0.4 is 10.9 Å². The van der Waals surface area contributed by atoms with Crippen LogP contribution in [0.25, 0.3) is 0 Å². The van der Waals surface area contributed by atoms with Gasteiger partial charge in [0.05, 0.1) is 4.34 Å². The van der Waals surface area contributed by atoms with Crippen LogP contribution in [-0.4, -0.2) is 18.9 Å². The van der Waals surface area contributed by atoms with Crippen LogP contribution in [0, 0.1) is 27.7 Å². The number of nitrogens with one attached hydrogen (secondary N) is 1. The number of nitrogens with zero attached hydrogens (tertiary/aromatic N) is 1. The summed E-state index contributed by atoms with van der Waals surface area (Å²) in [5.74, 6) is -0.420. The Morgan fingerprint density at radius 1 is 1.07 bits per heavy atom. The van der Waals surface area contributed by atoms with Crippen molar-refractivity contribution in [2.75, 3.05) is 5.32 Å². The molecule has 0 saturated heterocycles. The van der Waals surface area contributed by atoms with Crippen molar-refractivity contribution in [2.24, 2.45) is 0 Å². The number of halogens is 1. The molecule has 0 aliphatic heterocycles. The van der Waals surface area contributed by atoms with E-state index in [4.69, 9.17) is 11.6 Å². The average molecular weight is 465 g/mol. The summed E-state index contributed by atoms with van der Waals surface area (Å²) in [5.41, 5.74) is 2.71. The first-order chi connectivity index (χ1) is 14.0. The van der Waals surface area contributed by atoms with Crippen molar-refractivity contribution < 1.29 is 13.2 Å². The summed E-state index contributed by atoms with van der Waals surface area (Å²) in [4.78, 5) is 25.4. The second kappa shape index (κ2) is 8.37. The molecule has 0 atom stereocenters. The second-order valence-electron chi connectivity index (χ2n) is 7.18. The highest BCUT2D eigenvalue weighted by Crippen LogP contribution is 2.30. The Hall–Kier alpha value is -2.42. The zero-order chi connectivity index (χ0) is 22.2. The predicted molar refractivity (Wildman–Crippen MR) is 120 cm³/mol. The molecule has 6 nitrogen and oxygen atoms in total. The highest BCUT2D eigenvalue weighted by atomic mass is 35.5. The summed E-state index contributed by atoms with van der Waals surface area (Å²) in [5, 5.41) is 2.77. The van der Waals surface area contributed by atoms with Gasteiger partial charge >= 0.3 is 0 Å². The fraction of sp³-hybridized carbons (Fsp3) is 0.238. The van der Waals surface area contributed by atoms with E-state index in [9.17, 15) is 18.0 Å². The molecule has 1 amide bonds. The minimum atomic E-state index is -4.06. The first-order valence-corrected chi connectivity index (χ1v) is 11.8. The quantitative estimate of drug-likeness (QED) is 0.611. The van der Waals surface area contributed by atoms with Crippen molar-refractivity contribution in [1.29, 1.82) is 0 Å². The number of pyridine rings is 1. The summed E-state index contributed by atoms with van der Waals surface area (Å²) in [6.07, 6.45) is 0. The number of benzene rings is 1. The normalized spacial score (nSPS) is 11.5. The number of thiophene rings is 1. The summed E-state index contributed by atoms with van der Waals surface area (Å²) in [6.45, 7) is 6.77. The Balaban J connectivity index is 1.99. The van der Waals surface area contributed by atoms with Crippen molar-refractivity contribution in [3.63, 3.8) is 0 Å². The van der Waals surface area contributed by atoms with Crippen LogP contribution in [0.15, 0.2) is 50.3 Å². The van der Waals surface area contributed by atoms with Gasteiger partial charge in [-0.3, -0.25) is 9.59 Å². The number of hydrogen-bond donors (Lipinski definition) is 1. The predicted octanol–water partition coefficient (Wildman–Crippen LogP) is 4.27. The molecule has 0 aliphatic rings. The minimum Gasteiger partial charge on any atom is -0.325 e. The smallest absolute Gasteiger partial charge is 0.270 e. The lowest BCUT2D eigenvalue weighted by Crippen LogP contribution is -2.33. The number of aryl methyl sites for hydroxylation is 4. The maximum atomic E-state index is 13.1.